The van der Waals surface area contributed by atoms with Crippen molar-refractivity contribution < 1.29 is 19.1 Å². The van der Waals surface area contributed by atoms with E-state index in [1.165, 1.54) is 0 Å². The lowest BCUT2D eigenvalue weighted by atomic mass is 9.97. The predicted octanol–water partition coefficient (Wildman–Crippen LogP) is 6.82. The first kappa shape index (κ1) is 33.4. The Morgan fingerprint density at radius 3 is 2.05 bits per heavy atom. The van der Waals surface area contributed by atoms with E-state index in [0.29, 0.717) is 13.1 Å². The molecule has 0 fully saturated rings. The zero-order valence-electron chi connectivity index (χ0n) is 26.5. The minimum Gasteiger partial charge on any atom is -0.444 e. The van der Waals surface area contributed by atoms with E-state index in [0.717, 1.165) is 47.1 Å². The maximum absolute atomic E-state index is 14.6. The van der Waals surface area contributed by atoms with Crippen LogP contribution in [-0.4, -0.2) is 41.0 Å². The minimum absolute atomic E-state index is 0.258. The summed E-state index contributed by atoms with van der Waals surface area (Å²) >= 11 is 0. The third kappa shape index (κ3) is 10.6. The van der Waals surface area contributed by atoms with Crippen molar-refractivity contribution in [1.29, 1.82) is 0 Å². The van der Waals surface area contributed by atoms with Gasteiger partial charge in [-0.1, -0.05) is 98.6 Å². The van der Waals surface area contributed by atoms with Gasteiger partial charge < -0.3 is 20.3 Å². The Morgan fingerprint density at radius 2 is 1.47 bits per heavy atom. The summed E-state index contributed by atoms with van der Waals surface area (Å²) in [4.78, 5) is 43.3. The number of carbonyl (C=O) groups excluding carboxylic acids is 3. The van der Waals surface area contributed by atoms with E-state index in [1.807, 2.05) is 92.7 Å². The van der Waals surface area contributed by atoms with Crippen LogP contribution in [-0.2, 0) is 27.3 Å². The Bertz CT molecular complexity index is 1340. The number of rotatable bonds is 13. The van der Waals surface area contributed by atoms with Crippen molar-refractivity contribution in [2.24, 2.45) is 0 Å². The van der Waals surface area contributed by atoms with E-state index in [2.05, 4.69) is 17.6 Å². The van der Waals surface area contributed by atoms with Crippen molar-refractivity contribution in [3.05, 3.63) is 107 Å². The van der Waals surface area contributed by atoms with E-state index >= 15 is 0 Å². The van der Waals surface area contributed by atoms with Gasteiger partial charge in [-0.15, -0.1) is 0 Å². The van der Waals surface area contributed by atoms with E-state index in [4.69, 9.17) is 4.74 Å². The fraction of sp³-hybridized carbons (Fsp3) is 0.417. The summed E-state index contributed by atoms with van der Waals surface area (Å²) < 4.78 is 5.54. The second kappa shape index (κ2) is 15.9. The third-order valence-electron chi connectivity index (χ3n) is 7.27. The average Bonchev–Trinajstić information content (AvgIpc) is 2.96. The summed E-state index contributed by atoms with van der Waals surface area (Å²) in [6.45, 7) is 12.2. The van der Waals surface area contributed by atoms with Gasteiger partial charge in [-0.3, -0.25) is 9.59 Å². The van der Waals surface area contributed by atoms with E-state index in [9.17, 15) is 14.4 Å². The number of carbonyl (C=O) groups is 3. The lowest BCUT2D eigenvalue weighted by molar-refractivity contribution is -0.142. The Morgan fingerprint density at radius 1 is 0.837 bits per heavy atom. The zero-order chi connectivity index (χ0) is 31.4. The Kier molecular flexibility index (Phi) is 12.4. The number of amides is 3. The number of hydrogen-bond acceptors (Lipinski definition) is 4. The maximum atomic E-state index is 14.6. The lowest BCUT2D eigenvalue weighted by Gasteiger charge is -2.35. The third-order valence-corrected chi connectivity index (χ3v) is 7.27. The van der Waals surface area contributed by atoms with Gasteiger partial charge in [-0.2, -0.15) is 0 Å². The molecule has 3 aromatic carbocycles. The smallest absolute Gasteiger partial charge is 0.408 e. The number of unbranched alkanes of at least 4 members (excludes halogenated alkanes) is 2. The van der Waals surface area contributed by atoms with Crippen LogP contribution in [0, 0.1) is 13.8 Å². The molecule has 0 spiro atoms. The van der Waals surface area contributed by atoms with Crippen molar-refractivity contribution in [3.63, 3.8) is 0 Å². The minimum atomic E-state index is -0.935. The molecule has 2 N–H and O–H groups in total. The molecule has 0 heterocycles. The quantitative estimate of drug-likeness (QED) is 0.216. The van der Waals surface area contributed by atoms with Crippen LogP contribution in [0.4, 0.5) is 4.79 Å². The molecule has 0 aliphatic carbocycles. The Labute approximate surface area is 257 Å². The van der Waals surface area contributed by atoms with Gasteiger partial charge in [0.2, 0.25) is 11.8 Å². The Balaban J connectivity index is 2.04. The SMILES string of the molecule is CCCCCN(C(=O)C(Cc1ccccc1)NC(=O)OC(C)(C)C)C(C(=O)NCc1ccccc1)c1ccc(C)c(C)c1. The molecule has 230 valence electrons. The van der Waals surface area contributed by atoms with Crippen LogP contribution in [0.1, 0.15) is 80.8 Å². The summed E-state index contributed by atoms with van der Waals surface area (Å²) in [6.07, 6.45) is 2.17. The van der Waals surface area contributed by atoms with E-state index in [-0.39, 0.29) is 18.2 Å². The van der Waals surface area contributed by atoms with Gasteiger partial charge in [0.15, 0.2) is 0 Å². The van der Waals surface area contributed by atoms with Gasteiger partial charge in [0.25, 0.3) is 0 Å². The van der Waals surface area contributed by atoms with Crippen LogP contribution in [0.3, 0.4) is 0 Å². The standard InChI is InChI=1S/C36H47N3O4/c1-7-8-15-22-39(34(41)31(24-28-16-11-9-12-17-28)38-35(42)43-36(4,5)6)32(30-21-20-26(2)27(3)23-30)33(40)37-25-29-18-13-10-14-19-29/h9-14,16-21,23,31-32H,7-8,15,22,24-25H2,1-6H3,(H,37,40)(H,38,42). The second-order valence-corrected chi connectivity index (χ2v) is 12.1. The van der Waals surface area contributed by atoms with Gasteiger partial charge in [0.1, 0.15) is 17.7 Å². The highest BCUT2D eigenvalue weighted by Gasteiger charge is 2.36. The van der Waals surface area contributed by atoms with Gasteiger partial charge in [-0.05, 0) is 68.9 Å². The fourth-order valence-electron chi connectivity index (χ4n) is 4.89. The van der Waals surface area contributed by atoms with Crippen LogP contribution < -0.4 is 10.6 Å². The van der Waals surface area contributed by atoms with E-state index < -0.39 is 23.8 Å². The molecule has 0 radical (unpaired) electrons. The van der Waals surface area contributed by atoms with Crippen LogP contribution >= 0.6 is 0 Å². The Hall–Kier alpha value is -4.13. The zero-order valence-corrected chi connectivity index (χ0v) is 26.5. The van der Waals surface area contributed by atoms with Gasteiger partial charge in [-0.25, -0.2) is 4.79 Å². The molecule has 0 aliphatic rings. The van der Waals surface area contributed by atoms with Gasteiger partial charge in [0, 0.05) is 19.5 Å². The molecule has 3 rings (SSSR count). The fourth-order valence-corrected chi connectivity index (χ4v) is 4.89. The first-order valence-corrected chi connectivity index (χ1v) is 15.2. The van der Waals surface area contributed by atoms with Crippen LogP contribution in [0.25, 0.3) is 0 Å². The number of hydrogen-bond donors (Lipinski definition) is 2. The molecule has 0 bridgehead atoms. The molecule has 7 nitrogen and oxygen atoms in total. The number of aryl methyl sites for hydroxylation is 2. The normalized spacial score (nSPS) is 12.6. The number of ether oxygens (including phenoxy) is 1. The summed E-state index contributed by atoms with van der Waals surface area (Å²) in [7, 11) is 0. The summed E-state index contributed by atoms with van der Waals surface area (Å²) in [5.41, 5.74) is 3.99. The molecule has 43 heavy (non-hydrogen) atoms. The molecule has 3 amide bonds. The summed E-state index contributed by atoms with van der Waals surface area (Å²) in [6, 6.07) is 23.3. The molecular formula is C36H47N3O4. The molecule has 3 aromatic rings. The highest BCUT2D eigenvalue weighted by molar-refractivity contribution is 5.92. The number of nitrogens with zero attached hydrogens (tertiary/aromatic N) is 1. The van der Waals surface area contributed by atoms with Crippen molar-refractivity contribution in [1.82, 2.24) is 15.5 Å². The number of nitrogens with one attached hydrogen (secondary N) is 2. The van der Waals surface area contributed by atoms with Gasteiger partial charge in [0.05, 0.1) is 0 Å². The van der Waals surface area contributed by atoms with Crippen molar-refractivity contribution in [2.45, 2.75) is 91.5 Å². The molecule has 0 saturated heterocycles. The largest absolute Gasteiger partial charge is 0.444 e. The first-order chi connectivity index (χ1) is 20.5. The molecule has 7 heteroatoms. The second-order valence-electron chi connectivity index (χ2n) is 12.1. The molecule has 0 saturated carbocycles. The van der Waals surface area contributed by atoms with Crippen molar-refractivity contribution in [2.75, 3.05) is 6.54 Å². The molecule has 0 aromatic heterocycles. The summed E-state index contributed by atoms with van der Waals surface area (Å²) in [5.74, 6) is -0.600. The molecule has 2 atom stereocenters. The maximum Gasteiger partial charge on any atom is 0.408 e. The van der Waals surface area contributed by atoms with Crippen molar-refractivity contribution >= 4 is 17.9 Å². The molecule has 2 unspecified atom stereocenters. The monoisotopic (exact) mass is 585 g/mol. The average molecular weight is 586 g/mol. The number of alkyl carbamates (subject to hydrolysis) is 1. The van der Waals surface area contributed by atoms with E-state index in [1.54, 1.807) is 25.7 Å². The summed E-state index contributed by atoms with van der Waals surface area (Å²) in [5, 5.41) is 5.91. The lowest BCUT2D eigenvalue weighted by Crippen LogP contribution is -2.54. The highest BCUT2D eigenvalue weighted by Crippen LogP contribution is 2.26. The van der Waals surface area contributed by atoms with Crippen molar-refractivity contribution in [3.8, 4) is 0 Å². The topological polar surface area (TPSA) is 87.7 Å². The first-order valence-electron chi connectivity index (χ1n) is 15.2. The van der Waals surface area contributed by atoms with Crippen LogP contribution in [0.2, 0.25) is 0 Å². The van der Waals surface area contributed by atoms with Crippen LogP contribution in [0.5, 0.6) is 0 Å². The molecule has 0 aliphatic heterocycles. The highest BCUT2D eigenvalue weighted by atomic mass is 16.6. The van der Waals surface area contributed by atoms with Crippen LogP contribution in [0.15, 0.2) is 78.9 Å². The van der Waals surface area contributed by atoms with Gasteiger partial charge >= 0.3 is 6.09 Å². The number of benzene rings is 3. The molecular weight excluding hydrogens is 538 g/mol. The predicted molar refractivity (Wildman–Crippen MR) is 171 cm³/mol.